The van der Waals surface area contributed by atoms with Crippen molar-refractivity contribution in [2.45, 2.75) is 26.3 Å². The number of hydrogen-bond donors (Lipinski definition) is 2. The second-order valence-electron chi connectivity index (χ2n) is 3.23. The van der Waals surface area contributed by atoms with E-state index in [0.717, 1.165) is 0 Å². The van der Waals surface area contributed by atoms with Crippen LogP contribution < -0.4 is 5.73 Å². The SMILES string of the molecule is CCN(CCO)C(C)(C)C(N)=O. The molecule has 4 nitrogen and oxygen atoms in total. The number of rotatable bonds is 5. The second kappa shape index (κ2) is 4.42. The first-order valence-corrected chi connectivity index (χ1v) is 4.12. The molecule has 0 aromatic carbocycles. The van der Waals surface area contributed by atoms with Gasteiger partial charge in [-0.05, 0) is 20.4 Å². The van der Waals surface area contributed by atoms with E-state index < -0.39 is 5.54 Å². The number of aliphatic hydroxyl groups excluding tert-OH is 1. The van der Waals surface area contributed by atoms with E-state index in [1.165, 1.54) is 0 Å². The number of primary amides is 1. The van der Waals surface area contributed by atoms with Crippen LogP contribution in [0.1, 0.15) is 20.8 Å². The summed E-state index contributed by atoms with van der Waals surface area (Å²) in [7, 11) is 0. The lowest BCUT2D eigenvalue weighted by Crippen LogP contribution is -2.54. The van der Waals surface area contributed by atoms with Gasteiger partial charge in [-0.3, -0.25) is 9.69 Å². The minimum absolute atomic E-state index is 0.0462. The molecule has 0 bridgehead atoms. The van der Waals surface area contributed by atoms with E-state index in [1.807, 2.05) is 11.8 Å². The highest BCUT2D eigenvalue weighted by Crippen LogP contribution is 2.12. The molecule has 4 heteroatoms. The van der Waals surface area contributed by atoms with Gasteiger partial charge in [0.1, 0.15) is 0 Å². The molecule has 3 N–H and O–H groups in total. The summed E-state index contributed by atoms with van der Waals surface area (Å²) in [6.45, 7) is 6.68. The lowest BCUT2D eigenvalue weighted by molar-refractivity contribution is -0.128. The molecule has 0 aromatic heterocycles. The summed E-state index contributed by atoms with van der Waals surface area (Å²) in [5, 5.41) is 8.72. The minimum atomic E-state index is -0.669. The van der Waals surface area contributed by atoms with Gasteiger partial charge in [0.05, 0.1) is 12.1 Å². The Morgan fingerprint density at radius 2 is 2.08 bits per heavy atom. The Hall–Kier alpha value is -0.610. The zero-order valence-electron chi connectivity index (χ0n) is 8.00. The normalized spacial score (nSPS) is 12.1. The van der Waals surface area contributed by atoms with Gasteiger partial charge in [-0.2, -0.15) is 0 Å². The van der Waals surface area contributed by atoms with E-state index in [0.29, 0.717) is 13.1 Å². The predicted octanol–water partition coefficient (Wildman–Crippen LogP) is -0.435. The van der Waals surface area contributed by atoms with Crippen molar-refractivity contribution < 1.29 is 9.90 Å². The van der Waals surface area contributed by atoms with Crippen molar-refractivity contribution in [2.75, 3.05) is 19.7 Å². The summed E-state index contributed by atoms with van der Waals surface area (Å²) < 4.78 is 0. The van der Waals surface area contributed by atoms with E-state index in [4.69, 9.17) is 10.8 Å². The number of nitrogens with two attached hydrogens (primary N) is 1. The topological polar surface area (TPSA) is 66.6 Å². The van der Waals surface area contributed by atoms with Gasteiger partial charge >= 0.3 is 0 Å². The molecule has 0 aliphatic heterocycles. The molecule has 0 unspecified atom stereocenters. The molecular weight excluding hydrogens is 156 g/mol. The zero-order valence-corrected chi connectivity index (χ0v) is 8.00. The Balaban J connectivity index is 4.36. The van der Waals surface area contributed by atoms with Crippen LogP contribution in [0.3, 0.4) is 0 Å². The van der Waals surface area contributed by atoms with Gasteiger partial charge in [-0.15, -0.1) is 0 Å². The van der Waals surface area contributed by atoms with Crippen molar-refractivity contribution in [3.63, 3.8) is 0 Å². The predicted molar refractivity (Wildman–Crippen MR) is 47.6 cm³/mol. The fourth-order valence-electron chi connectivity index (χ4n) is 1.11. The first-order chi connectivity index (χ1) is 5.46. The van der Waals surface area contributed by atoms with E-state index in [-0.39, 0.29) is 12.5 Å². The van der Waals surface area contributed by atoms with Crippen LogP contribution in [0.5, 0.6) is 0 Å². The van der Waals surface area contributed by atoms with Gasteiger partial charge in [0.2, 0.25) is 5.91 Å². The van der Waals surface area contributed by atoms with Gasteiger partial charge in [0.15, 0.2) is 0 Å². The molecule has 0 saturated heterocycles. The standard InChI is InChI=1S/C8H18N2O2/c1-4-10(5-6-11)8(2,3)7(9)12/h11H,4-6H2,1-3H3,(H2,9,12). The van der Waals surface area contributed by atoms with Crippen LogP contribution in [-0.2, 0) is 4.79 Å². The highest BCUT2D eigenvalue weighted by molar-refractivity contribution is 5.83. The molecule has 0 fully saturated rings. The number of carbonyl (C=O) groups is 1. The molecule has 12 heavy (non-hydrogen) atoms. The highest BCUT2D eigenvalue weighted by atomic mass is 16.3. The first kappa shape index (κ1) is 11.4. The lowest BCUT2D eigenvalue weighted by atomic mass is 10.0. The summed E-state index contributed by atoms with van der Waals surface area (Å²) in [6.07, 6.45) is 0. The number of nitrogens with zero attached hydrogens (tertiary/aromatic N) is 1. The van der Waals surface area contributed by atoms with Crippen LogP contribution in [0, 0.1) is 0 Å². The van der Waals surface area contributed by atoms with Gasteiger partial charge in [0.25, 0.3) is 0 Å². The molecule has 0 rings (SSSR count). The van der Waals surface area contributed by atoms with E-state index in [9.17, 15) is 4.79 Å². The van der Waals surface area contributed by atoms with Crippen LogP contribution >= 0.6 is 0 Å². The molecule has 0 saturated carbocycles. The Labute approximate surface area is 73.3 Å². The van der Waals surface area contributed by atoms with Crippen LogP contribution in [-0.4, -0.2) is 41.1 Å². The molecule has 1 amide bonds. The fourth-order valence-corrected chi connectivity index (χ4v) is 1.11. The maximum atomic E-state index is 11.0. The quantitative estimate of drug-likeness (QED) is 0.594. The van der Waals surface area contributed by atoms with Crippen LogP contribution in [0.2, 0.25) is 0 Å². The van der Waals surface area contributed by atoms with E-state index in [2.05, 4.69) is 0 Å². The fraction of sp³-hybridized carbons (Fsp3) is 0.875. The molecule has 0 aliphatic rings. The average molecular weight is 174 g/mol. The monoisotopic (exact) mass is 174 g/mol. The number of amides is 1. The summed E-state index contributed by atoms with van der Waals surface area (Å²) in [6, 6.07) is 0. The van der Waals surface area contributed by atoms with Gasteiger partial charge in [0, 0.05) is 6.54 Å². The van der Waals surface area contributed by atoms with Gasteiger partial charge < -0.3 is 10.8 Å². The Morgan fingerprint density at radius 1 is 1.58 bits per heavy atom. The van der Waals surface area contributed by atoms with Crippen molar-refractivity contribution in [1.82, 2.24) is 4.90 Å². The van der Waals surface area contributed by atoms with E-state index >= 15 is 0 Å². The van der Waals surface area contributed by atoms with Crippen LogP contribution in [0.15, 0.2) is 0 Å². The van der Waals surface area contributed by atoms with Crippen molar-refractivity contribution in [1.29, 1.82) is 0 Å². The third kappa shape index (κ3) is 2.46. The van der Waals surface area contributed by atoms with Crippen molar-refractivity contribution in [3.05, 3.63) is 0 Å². The van der Waals surface area contributed by atoms with Gasteiger partial charge in [-0.25, -0.2) is 0 Å². The minimum Gasteiger partial charge on any atom is -0.395 e. The molecule has 0 heterocycles. The third-order valence-corrected chi connectivity index (χ3v) is 2.15. The zero-order chi connectivity index (χ0) is 9.78. The Morgan fingerprint density at radius 3 is 2.33 bits per heavy atom. The second-order valence-corrected chi connectivity index (χ2v) is 3.23. The first-order valence-electron chi connectivity index (χ1n) is 4.12. The molecule has 0 radical (unpaired) electrons. The third-order valence-electron chi connectivity index (χ3n) is 2.15. The van der Waals surface area contributed by atoms with Crippen molar-refractivity contribution in [2.24, 2.45) is 5.73 Å². The molecule has 0 aromatic rings. The Kier molecular flexibility index (Phi) is 4.20. The maximum Gasteiger partial charge on any atom is 0.237 e. The molecular formula is C8H18N2O2. The van der Waals surface area contributed by atoms with Crippen LogP contribution in [0.25, 0.3) is 0 Å². The number of carbonyl (C=O) groups excluding carboxylic acids is 1. The summed E-state index contributed by atoms with van der Waals surface area (Å²) >= 11 is 0. The number of β-amino-alcohol motifs (C(OH)–C–C–N with tert-alkyl or cyclic N) is 1. The molecule has 72 valence electrons. The van der Waals surface area contributed by atoms with Crippen molar-refractivity contribution in [3.8, 4) is 0 Å². The summed E-state index contributed by atoms with van der Waals surface area (Å²) in [5.41, 5.74) is 4.55. The number of hydrogen-bond acceptors (Lipinski definition) is 3. The summed E-state index contributed by atoms with van der Waals surface area (Å²) in [5.74, 6) is -0.363. The lowest BCUT2D eigenvalue weighted by Gasteiger charge is -2.34. The van der Waals surface area contributed by atoms with E-state index in [1.54, 1.807) is 13.8 Å². The van der Waals surface area contributed by atoms with Crippen molar-refractivity contribution >= 4 is 5.91 Å². The number of aliphatic hydroxyl groups is 1. The maximum absolute atomic E-state index is 11.0. The van der Waals surface area contributed by atoms with Gasteiger partial charge in [-0.1, -0.05) is 6.92 Å². The molecule has 0 spiro atoms. The summed E-state index contributed by atoms with van der Waals surface area (Å²) in [4.78, 5) is 12.8. The number of likely N-dealkylation sites (N-methyl/N-ethyl adjacent to an activating group) is 1. The molecule has 0 aliphatic carbocycles. The Bertz CT molecular complexity index is 157. The highest BCUT2D eigenvalue weighted by Gasteiger charge is 2.30. The smallest absolute Gasteiger partial charge is 0.237 e. The molecule has 0 atom stereocenters. The van der Waals surface area contributed by atoms with Crippen LogP contribution in [0.4, 0.5) is 0 Å². The largest absolute Gasteiger partial charge is 0.395 e. The average Bonchev–Trinajstić information content (AvgIpc) is 1.99.